The molecule has 0 aliphatic heterocycles. The van der Waals surface area contributed by atoms with Crippen LogP contribution < -0.4 is 10.5 Å². The molecule has 0 bridgehead atoms. The Hall–Kier alpha value is -2.88. The van der Waals surface area contributed by atoms with Gasteiger partial charge in [0.1, 0.15) is 5.75 Å². The van der Waals surface area contributed by atoms with Crippen molar-refractivity contribution in [2.24, 2.45) is 0 Å². The van der Waals surface area contributed by atoms with Crippen LogP contribution in [0.5, 0.6) is 5.75 Å². The first-order valence-corrected chi connectivity index (χ1v) is 7.43. The Morgan fingerprint density at radius 2 is 1.57 bits per heavy atom. The summed E-state index contributed by atoms with van der Waals surface area (Å²) >= 11 is 0. The Balaban J connectivity index is 2.08. The quantitative estimate of drug-likeness (QED) is 0.794. The number of hydrogen-bond donors (Lipinski definition) is 1. The molecule has 0 spiro atoms. The highest BCUT2D eigenvalue weighted by Crippen LogP contribution is 2.28. The van der Waals surface area contributed by atoms with Crippen molar-refractivity contribution in [3.63, 3.8) is 0 Å². The number of ether oxygens (including phenoxy) is 1. The number of anilines is 1. The van der Waals surface area contributed by atoms with Gasteiger partial charge in [-0.15, -0.1) is 0 Å². The molecule has 3 aromatic rings. The van der Waals surface area contributed by atoms with Crippen LogP contribution in [0.1, 0.15) is 11.1 Å². The Kier molecular flexibility index (Phi) is 3.98. The Morgan fingerprint density at radius 3 is 2.22 bits per heavy atom. The molecule has 23 heavy (non-hydrogen) atoms. The van der Waals surface area contributed by atoms with E-state index < -0.39 is 0 Å². The summed E-state index contributed by atoms with van der Waals surface area (Å²) in [6.45, 7) is 4.15. The third kappa shape index (κ3) is 3.16. The Bertz CT molecular complexity index is 842. The van der Waals surface area contributed by atoms with Crippen molar-refractivity contribution >= 4 is 5.95 Å². The number of hydrogen-bond acceptors (Lipinski definition) is 4. The van der Waals surface area contributed by atoms with Gasteiger partial charge < -0.3 is 10.5 Å². The Labute approximate surface area is 136 Å². The molecule has 0 radical (unpaired) electrons. The van der Waals surface area contributed by atoms with Crippen LogP contribution in [0, 0.1) is 13.8 Å². The van der Waals surface area contributed by atoms with E-state index in [4.69, 9.17) is 10.5 Å². The summed E-state index contributed by atoms with van der Waals surface area (Å²) in [5.41, 5.74) is 12.0. The summed E-state index contributed by atoms with van der Waals surface area (Å²) in [7, 11) is 1.65. The molecule has 116 valence electrons. The van der Waals surface area contributed by atoms with E-state index in [-0.39, 0.29) is 5.95 Å². The second-order valence-corrected chi connectivity index (χ2v) is 5.54. The summed E-state index contributed by atoms with van der Waals surface area (Å²) in [5, 5.41) is 0. The zero-order valence-electron chi connectivity index (χ0n) is 13.5. The molecule has 2 aromatic carbocycles. The molecular formula is C19H19N3O. The molecule has 0 amide bonds. The molecule has 1 heterocycles. The van der Waals surface area contributed by atoms with Gasteiger partial charge in [-0.3, -0.25) is 0 Å². The lowest BCUT2D eigenvalue weighted by molar-refractivity contribution is 0.415. The van der Waals surface area contributed by atoms with Crippen molar-refractivity contribution < 1.29 is 4.74 Å². The monoisotopic (exact) mass is 305 g/mol. The average molecular weight is 305 g/mol. The lowest BCUT2D eigenvalue weighted by Crippen LogP contribution is -1.99. The fourth-order valence-corrected chi connectivity index (χ4v) is 2.61. The molecule has 0 unspecified atom stereocenters. The van der Waals surface area contributed by atoms with E-state index in [1.54, 1.807) is 7.11 Å². The van der Waals surface area contributed by atoms with Gasteiger partial charge in [0, 0.05) is 11.1 Å². The maximum absolute atomic E-state index is 5.92. The molecule has 0 saturated carbocycles. The van der Waals surface area contributed by atoms with Gasteiger partial charge in [-0.25, -0.2) is 9.97 Å². The SMILES string of the molecule is COc1ccc(-c2cc(-c3ccc(C)cc3C)nc(N)n2)cc1. The van der Waals surface area contributed by atoms with Crippen LogP contribution in [-0.2, 0) is 0 Å². The molecule has 0 atom stereocenters. The lowest BCUT2D eigenvalue weighted by Gasteiger charge is -2.10. The van der Waals surface area contributed by atoms with Crippen molar-refractivity contribution in [3.05, 3.63) is 59.7 Å². The van der Waals surface area contributed by atoms with Crippen LogP contribution in [0.2, 0.25) is 0 Å². The number of aryl methyl sites for hydroxylation is 2. The molecule has 3 rings (SSSR count). The minimum atomic E-state index is 0.272. The van der Waals surface area contributed by atoms with Gasteiger partial charge in [-0.05, 0) is 49.7 Å². The first kappa shape index (κ1) is 15.0. The number of aromatic nitrogens is 2. The number of nitrogens with zero attached hydrogens (tertiary/aromatic N) is 2. The summed E-state index contributed by atoms with van der Waals surface area (Å²) in [5.74, 6) is 1.08. The molecule has 2 N–H and O–H groups in total. The second kappa shape index (κ2) is 6.08. The number of rotatable bonds is 3. The van der Waals surface area contributed by atoms with Gasteiger partial charge in [-0.2, -0.15) is 0 Å². The number of nitrogen functional groups attached to an aromatic ring is 1. The van der Waals surface area contributed by atoms with Crippen molar-refractivity contribution in [1.82, 2.24) is 9.97 Å². The second-order valence-electron chi connectivity index (χ2n) is 5.54. The summed E-state index contributed by atoms with van der Waals surface area (Å²) in [6.07, 6.45) is 0. The molecule has 0 aliphatic carbocycles. The van der Waals surface area contributed by atoms with E-state index in [9.17, 15) is 0 Å². The van der Waals surface area contributed by atoms with Crippen molar-refractivity contribution in [2.75, 3.05) is 12.8 Å². The van der Waals surface area contributed by atoms with E-state index in [2.05, 4.69) is 42.0 Å². The number of nitrogens with two attached hydrogens (primary N) is 1. The lowest BCUT2D eigenvalue weighted by atomic mass is 10.0. The normalized spacial score (nSPS) is 10.6. The molecular weight excluding hydrogens is 286 g/mol. The van der Waals surface area contributed by atoms with Crippen molar-refractivity contribution in [3.8, 4) is 28.3 Å². The highest BCUT2D eigenvalue weighted by atomic mass is 16.5. The third-order valence-corrected chi connectivity index (χ3v) is 3.79. The molecule has 1 aromatic heterocycles. The van der Waals surface area contributed by atoms with E-state index in [1.807, 2.05) is 30.3 Å². The van der Waals surface area contributed by atoms with Crippen LogP contribution in [0.15, 0.2) is 48.5 Å². The van der Waals surface area contributed by atoms with Crippen LogP contribution in [-0.4, -0.2) is 17.1 Å². The smallest absolute Gasteiger partial charge is 0.221 e. The largest absolute Gasteiger partial charge is 0.497 e. The topological polar surface area (TPSA) is 61.0 Å². The first-order chi connectivity index (χ1) is 11.1. The maximum Gasteiger partial charge on any atom is 0.221 e. The molecule has 4 heteroatoms. The standard InChI is InChI=1S/C19H19N3O/c1-12-4-9-16(13(2)10-12)18-11-17(21-19(20)22-18)14-5-7-15(23-3)8-6-14/h4-11H,1-3H3,(H2,20,21,22). The van der Waals surface area contributed by atoms with Gasteiger partial charge in [-0.1, -0.05) is 23.8 Å². The fourth-order valence-electron chi connectivity index (χ4n) is 2.61. The first-order valence-electron chi connectivity index (χ1n) is 7.43. The molecule has 0 aliphatic rings. The highest BCUT2D eigenvalue weighted by Gasteiger charge is 2.09. The fraction of sp³-hybridized carbons (Fsp3) is 0.158. The number of benzene rings is 2. The van der Waals surface area contributed by atoms with Crippen LogP contribution in [0.4, 0.5) is 5.95 Å². The van der Waals surface area contributed by atoms with Crippen LogP contribution in [0.3, 0.4) is 0 Å². The number of methoxy groups -OCH3 is 1. The van der Waals surface area contributed by atoms with E-state index in [0.29, 0.717) is 0 Å². The predicted octanol–water partition coefficient (Wildman–Crippen LogP) is 4.02. The zero-order valence-corrected chi connectivity index (χ0v) is 13.5. The highest BCUT2D eigenvalue weighted by molar-refractivity contribution is 5.71. The van der Waals surface area contributed by atoms with Crippen molar-refractivity contribution in [2.45, 2.75) is 13.8 Å². The summed E-state index contributed by atoms with van der Waals surface area (Å²) in [4.78, 5) is 8.75. The Morgan fingerprint density at radius 1 is 0.870 bits per heavy atom. The van der Waals surface area contributed by atoms with Crippen LogP contribution in [0.25, 0.3) is 22.5 Å². The minimum Gasteiger partial charge on any atom is -0.497 e. The van der Waals surface area contributed by atoms with E-state index >= 15 is 0 Å². The van der Waals surface area contributed by atoms with Crippen molar-refractivity contribution in [1.29, 1.82) is 0 Å². The van der Waals surface area contributed by atoms with Gasteiger partial charge >= 0.3 is 0 Å². The van der Waals surface area contributed by atoms with E-state index in [0.717, 1.165) is 28.3 Å². The third-order valence-electron chi connectivity index (χ3n) is 3.79. The summed E-state index contributed by atoms with van der Waals surface area (Å²) in [6, 6.07) is 16.0. The maximum atomic E-state index is 5.92. The van der Waals surface area contributed by atoms with E-state index in [1.165, 1.54) is 11.1 Å². The van der Waals surface area contributed by atoms with Gasteiger partial charge in [0.05, 0.1) is 18.5 Å². The van der Waals surface area contributed by atoms with Gasteiger partial charge in [0.25, 0.3) is 0 Å². The molecule has 0 fully saturated rings. The van der Waals surface area contributed by atoms with Gasteiger partial charge in [0.15, 0.2) is 0 Å². The average Bonchev–Trinajstić information content (AvgIpc) is 2.54. The zero-order chi connectivity index (χ0) is 16.4. The molecule has 4 nitrogen and oxygen atoms in total. The van der Waals surface area contributed by atoms with Crippen LogP contribution >= 0.6 is 0 Å². The molecule has 0 saturated heterocycles. The summed E-state index contributed by atoms with van der Waals surface area (Å²) < 4.78 is 5.19. The van der Waals surface area contributed by atoms with Gasteiger partial charge in [0.2, 0.25) is 5.95 Å². The minimum absolute atomic E-state index is 0.272. The predicted molar refractivity (Wildman–Crippen MR) is 93.3 cm³/mol.